The van der Waals surface area contributed by atoms with E-state index in [2.05, 4.69) is 44.8 Å². The van der Waals surface area contributed by atoms with Gasteiger partial charge in [-0.05, 0) is 44.6 Å². The third kappa shape index (κ3) is 6.42. The molecule has 0 saturated carbocycles. The molecule has 2 heteroatoms. The Labute approximate surface area is 108 Å². The molecule has 2 unspecified atom stereocenters. The summed E-state index contributed by atoms with van der Waals surface area (Å²) in [6, 6.07) is 1.38. The van der Waals surface area contributed by atoms with Crippen molar-refractivity contribution in [2.45, 2.75) is 66.0 Å². The first-order valence-electron chi connectivity index (χ1n) is 7.45. The van der Waals surface area contributed by atoms with Gasteiger partial charge in [-0.3, -0.25) is 0 Å². The molecule has 1 aliphatic rings. The van der Waals surface area contributed by atoms with Crippen LogP contribution < -0.4 is 5.32 Å². The molecule has 0 spiro atoms. The summed E-state index contributed by atoms with van der Waals surface area (Å²) >= 11 is 0. The molecule has 0 aromatic heterocycles. The summed E-state index contributed by atoms with van der Waals surface area (Å²) in [5.74, 6) is 1.66. The monoisotopic (exact) mass is 240 g/mol. The number of nitrogens with one attached hydrogen (secondary N) is 1. The van der Waals surface area contributed by atoms with Gasteiger partial charge in [0.05, 0.1) is 0 Å². The summed E-state index contributed by atoms with van der Waals surface area (Å²) in [5.41, 5.74) is 0. The summed E-state index contributed by atoms with van der Waals surface area (Å²) in [6.07, 6.45) is 4.02. The Morgan fingerprint density at radius 1 is 1.06 bits per heavy atom. The first-order valence-corrected chi connectivity index (χ1v) is 7.45. The molecule has 1 N–H and O–H groups in total. The van der Waals surface area contributed by atoms with E-state index in [0.717, 1.165) is 11.8 Å². The van der Waals surface area contributed by atoms with Gasteiger partial charge in [0.2, 0.25) is 0 Å². The maximum Gasteiger partial charge on any atom is 0.0198 e. The van der Waals surface area contributed by atoms with Crippen molar-refractivity contribution in [1.82, 2.24) is 10.2 Å². The lowest BCUT2D eigenvalue weighted by atomic mass is 10.00. The van der Waals surface area contributed by atoms with Gasteiger partial charge in [-0.1, -0.05) is 27.7 Å². The molecule has 0 amide bonds. The Morgan fingerprint density at radius 2 is 1.71 bits per heavy atom. The van der Waals surface area contributed by atoms with Crippen LogP contribution in [0.25, 0.3) is 0 Å². The largest absolute Gasteiger partial charge is 0.309 e. The maximum atomic E-state index is 3.75. The fourth-order valence-electron chi connectivity index (χ4n) is 2.61. The van der Waals surface area contributed by atoms with Crippen LogP contribution in [0.3, 0.4) is 0 Å². The fraction of sp³-hybridized carbons (Fsp3) is 1.00. The first kappa shape index (κ1) is 15.0. The van der Waals surface area contributed by atoms with E-state index in [1.54, 1.807) is 0 Å². The highest BCUT2D eigenvalue weighted by molar-refractivity contribution is 4.83. The summed E-state index contributed by atoms with van der Waals surface area (Å²) in [4.78, 5) is 2.66. The Kier molecular flexibility index (Phi) is 6.50. The zero-order valence-corrected chi connectivity index (χ0v) is 12.5. The number of hydrogen-bond donors (Lipinski definition) is 1. The third-order valence-corrected chi connectivity index (χ3v) is 3.65. The van der Waals surface area contributed by atoms with Crippen LogP contribution in [0.5, 0.6) is 0 Å². The minimum absolute atomic E-state index is 0.660. The lowest BCUT2D eigenvalue weighted by Gasteiger charge is -2.38. The molecule has 102 valence electrons. The van der Waals surface area contributed by atoms with Crippen LogP contribution in [0.4, 0.5) is 0 Å². The molecule has 0 radical (unpaired) electrons. The van der Waals surface area contributed by atoms with Crippen LogP contribution in [0, 0.1) is 11.8 Å². The third-order valence-electron chi connectivity index (χ3n) is 3.65. The zero-order valence-electron chi connectivity index (χ0n) is 12.5. The molecule has 1 saturated heterocycles. The quantitative estimate of drug-likeness (QED) is 0.767. The molecule has 17 heavy (non-hydrogen) atoms. The topological polar surface area (TPSA) is 15.3 Å². The maximum absolute atomic E-state index is 3.75. The molecule has 1 fully saturated rings. The molecule has 2 atom stereocenters. The van der Waals surface area contributed by atoms with Gasteiger partial charge in [0.15, 0.2) is 0 Å². The standard InChI is InChI=1S/C15H32N2/c1-12(2)6-7-15-11-17(9-8-13(3)4)10-14(5)16-15/h12-16H,6-11H2,1-5H3. The molecular formula is C15H32N2. The highest BCUT2D eigenvalue weighted by Crippen LogP contribution is 2.14. The zero-order chi connectivity index (χ0) is 12.8. The lowest BCUT2D eigenvalue weighted by Crippen LogP contribution is -2.55. The van der Waals surface area contributed by atoms with Crippen LogP contribution >= 0.6 is 0 Å². The second-order valence-corrected chi connectivity index (χ2v) is 6.68. The molecule has 1 heterocycles. The van der Waals surface area contributed by atoms with E-state index in [1.807, 2.05) is 0 Å². The summed E-state index contributed by atoms with van der Waals surface area (Å²) in [5, 5.41) is 3.75. The van der Waals surface area contributed by atoms with E-state index in [4.69, 9.17) is 0 Å². The fourth-order valence-corrected chi connectivity index (χ4v) is 2.61. The van der Waals surface area contributed by atoms with E-state index in [9.17, 15) is 0 Å². The number of hydrogen-bond acceptors (Lipinski definition) is 2. The van der Waals surface area contributed by atoms with Gasteiger partial charge in [0.1, 0.15) is 0 Å². The average molecular weight is 240 g/mol. The molecule has 0 aliphatic carbocycles. The predicted octanol–water partition coefficient (Wildman–Crippen LogP) is 3.13. The minimum atomic E-state index is 0.660. The van der Waals surface area contributed by atoms with E-state index in [-0.39, 0.29) is 0 Å². The molecule has 1 rings (SSSR count). The molecular weight excluding hydrogens is 208 g/mol. The Bertz CT molecular complexity index is 181. The van der Waals surface area contributed by atoms with Crippen LogP contribution in [-0.4, -0.2) is 36.6 Å². The van der Waals surface area contributed by atoms with Crippen LogP contribution in [-0.2, 0) is 0 Å². The predicted molar refractivity (Wildman–Crippen MR) is 76.4 cm³/mol. The van der Waals surface area contributed by atoms with Crippen LogP contribution in [0.2, 0.25) is 0 Å². The molecule has 0 bridgehead atoms. The van der Waals surface area contributed by atoms with Gasteiger partial charge in [-0.25, -0.2) is 0 Å². The minimum Gasteiger partial charge on any atom is -0.309 e. The van der Waals surface area contributed by atoms with Crippen molar-refractivity contribution in [3.63, 3.8) is 0 Å². The Balaban J connectivity index is 2.31. The van der Waals surface area contributed by atoms with E-state index >= 15 is 0 Å². The Morgan fingerprint density at radius 3 is 2.29 bits per heavy atom. The van der Waals surface area contributed by atoms with Gasteiger partial charge >= 0.3 is 0 Å². The molecule has 0 aromatic carbocycles. The molecule has 0 aromatic rings. The summed E-state index contributed by atoms with van der Waals surface area (Å²) in [6.45, 7) is 15.4. The van der Waals surface area contributed by atoms with Crippen molar-refractivity contribution >= 4 is 0 Å². The number of nitrogens with zero attached hydrogens (tertiary/aromatic N) is 1. The number of rotatable bonds is 6. The van der Waals surface area contributed by atoms with E-state index in [1.165, 1.54) is 38.9 Å². The molecule has 1 aliphatic heterocycles. The normalized spacial score (nSPS) is 27.0. The van der Waals surface area contributed by atoms with E-state index < -0.39 is 0 Å². The van der Waals surface area contributed by atoms with Crippen molar-refractivity contribution in [2.75, 3.05) is 19.6 Å². The first-order chi connectivity index (χ1) is 7.97. The van der Waals surface area contributed by atoms with Gasteiger partial charge in [-0.15, -0.1) is 0 Å². The average Bonchev–Trinajstić information content (AvgIpc) is 2.23. The van der Waals surface area contributed by atoms with Crippen molar-refractivity contribution in [1.29, 1.82) is 0 Å². The van der Waals surface area contributed by atoms with Crippen LogP contribution in [0.1, 0.15) is 53.9 Å². The van der Waals surface area contributed by atoms with Crippen molar-refractivity contribution in [3.05, 3.63) is 0 Å². The van der Waals surface area contributed by atoms with E-state index in [0.29, 0.717) is 12.1 Å². The highest BCUT2D eigenvalue weighted by Gasteiger charge is 2.23. The molecule has 2 nitrogen and oxygen atoms in total. The SMILES string of the molecule is CC(C)CCC1CN(CCC(C)C)CC(C)N1. The summed E-state index contributed by atoms with van der Waals surface area (Å²) < 4.78 is 0. The van der Waals surface area contributed by atoms with Crippen molar-refractivity contribution < 1.29 is 0 Å². The van der Waals surface area contributed by atoms with Gasteiger partial charge in [0, 0.05) is 25.2 Å². The van der Waals surface area contributed by atoms with Gasteiger partial charge in [0.25, 0.3) is 0 Å². The van der Waals surface area contributed by atoms with Gasteiger partial charge < -0.3 is 10.2 Å². The van der Waals surface area contributed by atoms with Crippen molar-refractivity contribution in [3.8, 4) is 0 Å². The lowest BCUT2D eigenvalue weighted by molar-refractivity contribution is 0.152. The second kappa shape index (κ2) is 7.38. The van der Waals surface area contributed by atoms with Crippen molar-refractivity contribution in [2.24, 2.45) is 11.8 Å². The Hall–Kier alpha value is -0.0800. The van der Waals surface area contributed by atoms with Crippen LogP contribution in [0.15, 0.2) is 0 Å². The number of piperazine rings is 1. The second-order valence-electron chi connectivity index (χ2n) is 6.68. The highest BCUT2D eigenvalue weighted by atomic mass is 15.2. The summed E-state index contributed by atoms with van der Waals surface area (Å²) in [7, 11) is 0. The smallest absolute Gasteiger partial charge is 0.0198 e. The van der Waals surface area contributed by atoms with Gasteiger partial charge in [-0.2, -0.15) is 0 Å².